The van der Waals surface area contributed by atoms with E-state index in [0.29, 0.717) is 0 Å². The molecule has 8 aromatic carbocycles. The summed E-state index contributed by atoms with van der Waals surface area (Å²) in [6.45, 7) is 0. The first-order valence-corrected chi connectivity index (χ1v) is 14.1. The van der Waals surface area contributed by atoms with Crippen LogP contribution in [-0.2, 0) is 0 Å². The Bertz CT molecular complexity index is 4270. The van der Waals surface area contributed by atoms with Gasteiger partial charge in [0.2, 0.25) is 0 Å². The number of rotatable bonds is 4. The zero-order chi connectivity index (χ0) is 56.0. The molecule has 0 amide bonds. The highest BCUT2D eigenvalue weighted by Crippen LogP contribution is 2.47. The fourth-order valence-corrected chi connectivity index (χ4v) is 5.81. The van der Waals surface area contributed by atoms with Crippen molar-refractivity contribution in [2.24, 2.45) is 0 Å². The summed E-state index contributed by atoms with van der Waals surface area (Å²) in [4.78, 5) is 0. The Morgan fingerprint density at radius 1 is 0.312 bits per heavy atom. The van der Waals surface area contributed by atoms with Gasteiger partial charge in [0.05, 0.1) is 38.4 Å². The third kappa shape index (κ3) is 4.00. The summed E-state index contributed by atoms with van der Waals surface area (Å²) in [6, 6.07) is -25.9. The van der Waals surface area contributed by atoms with Crippen LogP contribution in [0.25, 0.3) is 99.2 Å². The van der Waals surface area contributed by atoms with Crippen molar-refractivity contribution in [1.29, 1.82) is 0 Å². The topological polar surface area (TPSA) is 26.3 Å². The van der Waals surface area contributed by atoms with Crippen LogP contribution in [0.5, 0.6) is 0 Å². The smallest absolute Gasteiger partial charge is 0.178 e. The molecule has 0 saturated heterocycles. The maximum Gasteiger partial charge on any atom is 0.178 e. The van der Waals surface area contributed by atoms with Gasteiger partial charge in [-0.3, -0.25) is 0 Å². The summed E-state index contributed by atoms with van der Waals surface area (Å²) >= 11 is 0. The van der Waals surface area contributed by atoms with Crippen LogP contribution >= 0.6 is 0 Å². The van der Waals surface area contributed by atoms with Crippen molar-refractivity contribution in [3.05, 3.63) is 169 Å². The Morgan fingerprint density at radius 3 is 1.35 bits per heavy atom. The van der Waals surface area contributed by atoms with Gasteiger partial charge in [0, 0.05) is 27.3 Å². The lowest BCUT2D eigenvalue weighted by Crippen LogP contribution is -1.90. The Hall–Kier alpha value is -6.38. The molecule has 224 valence electrons. The molecule has 0 aliphatic rings. The Morgan fingerprint density at radius 2 is 0.771 bits per heavy atom. The number of furan rings is 2. The average molecular weight is 641 g/mol. The normalized spacial score (nSPS) is 19.9. The lowest BCUT2D eigenvalue weighted by atomic mass is 9.86. The molecular formula is C46H28O2. The van der Waals surface area contributed by atoms with Crippen molar-refractivity contribution in [2.45, 2.75) is 0 Å². The molecule has 2 nitrogen and oxygen atoms in total. The fraction of sp³-hybridized carbons (Fsp3) is 0. The summed E-state index contributed by atoms with van der Waals surface area (Å²) in [5, 5.41) is -4.51. The lowest BCUT2D eigenvalue weighted by Gasteiger charge is -2.17. The maximum absolute atomic E-state index is 9.94. The van der Waals surface area contributed by atoms with Crippen molar-refractivity contribution in [2.75, 3.05) is 0 Å². The highest BCUT2D eigenvalue weighted by Gasteiger charge is 2.23. The van der Waals surface area contributed by atoms with E-state index < -0.39 is 268 Å². The quantitative estimate of drug-likeness (QED) is 0.179. The number of hydrogen-bond donors (Lipinski definition) is 0. The Kier molecular flexibility index (Phi) is 2.45. The van der Waals surface area contributed by atoms with Gasteiger partial charge in [-0.25, -0.2) is 0 Å². The van der Waals surface area contributed by atoms with Crippen molar-refractivity contribution in [1.82, 2.24) is 0 Å². The van der Waals surface area contributed by atoms with Gasteiger partial charge in [0.1, 0.15) is 11.3 Å². The first-order chi connectivity index (χ1) is 35.5. The first-order valence-electron chi connectivity index (χ1n) is 28.1. The molecule has 0 atom stereocenters. The van der Waals surface area contributed by atoms with Gasteiger partial charge in [0.15, 0.2) is 11.2 Å². The van der Waals surface area contributed by atoms with Crippen LogP contribution in [-0.4, -0.2) is 0 Å². The summed E-state index contributed by atoms with van der Waals surface area (Å²) in [7, 11) is 0. The molecule has 0 spiro atoms. The van der Waals surface area contributed by atoms with E-state index in [1.807, 2.05) is 0 Å². The third-order valence-corrected chi connectivity index (χ3v) is 7.74. The molecule has 2 heterocycles. The molecular weight excluding hydrogens is 585 g/mol. The molecule has 0 aliphatic carbocycles. The number of benzene rings is 8. The van der Waals surface area contributed by atoms with Crippen LogP contribution in [0.2, 0.25) is 0 Å². The second-order valence-electron chi connectivity index (χ2n) is 10.3. The van der Waals surface area contributed by atoms with Gasteiger partial charge >= 0.3 is 0 Å². The van der Waals surface area contributed by atoms with Gasteiger partial charge in [-0.1, -0.05) is 145 Å². The van der Waals surface area contributed by atoms with Crippen LogP contribution in [0.15, 0.2) is 178 Å². The van der Waals surface area contributed by atoms with E-state index in [9.17, 15) is 12.3 Å². The first kappa shape index (κ1) is 11.1. The van der Waals surface area contributed by atoms with E-state index in [4.69, 9.17) is 34.9 Å². The predicted molar refractivity (Wildman–Crippen MR) is 200 cm³/mol. The molecule has 0 N–H and O–H groups in total. The van der Waals surface area contributed by atoms with Crippen molar-refractivity contribution >= 4 is 54.5 Å². The summed E-state index contributed by atoms with van der Waals surface area (Å²) in [6.07, 6.45) is 0. The molecule has 10 rings (SSSR count). The van der Waals surface area contributed by atoms with Crippen molar-refractivity contribution in [3.8, 4) is 44.7 Å². The zero-order valence-electron chi connectivity index (χ0n) is 51.8. The summed E-state index contributed by atoms with van der Waals surface area (Å²) in [5.41, 5.74) is -6.92. The highest BCUT2D eigenvalue weighted by molar-refractivity contribution is 6.23. The van der Waals surface area contributed by atoms with E-state index in [1.165, 1.54) is 0 Å². The van der Waals surface area contributed by atoms with Gasteiger partial charge in [-0.15, -0.1) is 0 Å². The summed E-state index contributed by atoms with van der Waals surface area (Å²) in [5.74, 6) is -0.758. The third-order valence-electron chi connectivity index (χ3n) is 7.74. The molecule has 0 fully saturated rings. The second-order valence-corrected chi connectivity index (χ2v) is 10.3. The van der Waals surface area contributed by atoms with Crippen LogP contribution < -0.4 is 0 Å². The summed E-state index contributed by atoms with van der Waals surface area (Å²) < 4.78 is 262. The van der Waals surface area contributed by atoms with E-state index >= 15 is 0 Å². The average Bonchev–Trinajstić information content (AvgIpc) is 4.13. The minimum Gasteiger partial charge on any atom is -0.452 e. The van der Waals surface area contributed by atoms with E-state index in [1.54, 1.807) is 0 Å². The van der Waals surface area contributed by atoms with Crippen LogP contribution in [0.4, 0.5) is 0 Å². The van der Waals surface area contributed by atoms with Gasteiger partial charge < -0.3 is 8.83 Å². The fourth-order valence-electron chi connectivity index (χ4n) is 5.81. The minimum absolute atomic E-state index is 0.561. The highest BCUT2D eigenvalue weighted by atomic mass is 16.4. The molecule has 0 radical (unpaired) electrons. The molecule has 10 aromatic rings. The van der Waals surface area contributed by atoms with Gasteiger partial charge in [-0.2, -0.15) is 0 Å². The minimum atomic E-state index is -0.998. The molecule has 0 aliphatic heterocycles. The second kappa shape index (κ2) is 10.6. The van der Waals surface area contributed by atoms with Crippen molar-refractivity contribution in [3.63, 3.8) is 0 Å². The van der Waals surface area contributed by atoms with Gasteiger partial charge in [-0.05, 0) is 73.5 Å². The van der Waals surface area contributed by atoms with E-state index in [2.05, 4.69) is 0 Å². The molecule has 48 heavy (non-hydrogen) atoms. The lowest BCUT2D eigenvalue weighted by molar-refractivity contribution is 0.612. The number of fused-ring (bicyclic) bond motifs is 7. The zero-order valence-corrected chi connectivity index (χ0v) is 23.8. The van der Waals surface area contributed by atoms with E-state index in [-0.39, 0.29) is 0 Å². The van der Waals surface area contributed by atoms with Crippen LogP contribution in [0, 0.1) is 0 Å². The van der Waals surface area contributed by atoms with Crippen LogP contribution in [0.3, 0.4) is 0 Å². The number of hydrogen-bond acceptors (Lipinski definition) is 2. The predicted octanol–water partition coefficient (Wildman–Crippen LogP) is 13.3. The standard InChI is InChI=1S/C46H28O2/c1-4-14-29(15-5-1)41-33-20-10-12-22-35(33)42(36-23-13-11-21-34(36)41)32-24-27-40-39(28-32)37-25-26-38-43(30-16-6-2-7-17-30)44(31-18-8-3-9-19-31)48-46(38)45(37)47-40/h1-28H/i1D,2D,3D,4D,5D,6D,7D,8D,9D,10D,11D,12D,13D,14D,15D,16D,17D,18D,19D,20D,21D,22D,23D,24D,25D,26D,27D,28D. The van der Waals surface area contributed by atoms with Gasteiger partial charge in [0.25, 0.3) is 0 Å². The molecule has 0 bridgehead atoms. The van der Waals surface area contributed by atoms with E-state index in [0.717, 1.165) is 0 Å². The monoisotopic (exact) mass is 640 g/mol. The van der Waals surface area contributed by atoms with Crippen molar-refractivity contribution < 1.29 is 47.2 Å². The SMILES string of the molecule is [2H]c1c([2H])c([2H])c(-c2oc3c(c([2H])c([2H])c4c3oc3c([2H])c([2H])c(-c5c6c([2H])c([2H])c([2H])c([2H])c6c(-c6c([2H])c([2H])c([2H])c([2H])c6[2H])c6c([2H])c([2H])c([2H])c([2H])c56)c([2H])c34)c2-c2c([2H])c([2H])c([2H])c([2H])c2[2H])c([2H])c1[2H]. The van der Waals surface area contributed by atoms with Crippen LogP contribution in [0.1, 0.15) is 38.4 Å². The molecule has 2 aromatic heterocycles. The molecule has 0 saturated carbocycles. The maximum atomic E-state index is 9.94. The largest absolute Gasteiger partial charge is 0.452 e. The Labute approximate surface area is 316 Å². The molecule has 0 unspecified atom stereocenters. The Balaban J connectivity index is 1.47. The molecule has 2 heteroatoms.